The van der Waals surface area contributed by atoms with Crippen LogP contribution >= 0.6 is 11.8 Å². The molecular weight excluding hydrogens is 324 g/mol. The normalized spacial score (nSPS) is 18.0. The second-order valence-electron chi connectivity index (χ2n) is 5.25. The van der Waals surface area contributed by atoms with Crippen molar-refractivity contribution in [3.05, 3.63) is 40.8 Å². The molecule has 0 radical (unpaired) electrons. The molecule has 1 saturated heterocycles. The predicted octanol–water partition coefficient (Wildman–Crippen LogP) is 3.39. The number of aliphatic imine (C=N–C) groups is 1. The topological polar surface area (TPSA) is 51.1 Å². The number of likely N-dealkylation sites (N-methyl/N-ethyl adjacent to an activating group) is 1. The summed E-state index contributed by atoms with van der Waals surface area (Å²) >= 11 is 1.36. The Hall–Kier alpha value is -2.47. The minimum absolute atomic E-state index is 0.0671. The van der Waals surface area contributed by atoms with Crippen LogP contribution in [0.15, 0.2) is 40.2 Å². The van der Waals surface area contributed by atoms with Crippen LogP contribution in [-0.2, 0) is 4.79 Å². The molecule has 0 atom stereocenters. The maximum Gasteiger partial charge on any atom is 0.266 e. The van der Waals surface area contributed by atoms with E-state index in [0.717, 1.165) is 22.1 Å². The van der Waals surface area contributed by atoms with Gasteiger partial charge in [-0.05, 0) is 46.8 Å². The van der Waals surface area contributed by atoms with Gasteiger partial charge in [-0.1, -0.05) is 12.1 Å². The van der Waals surface area contributed by atoms with Gasteiger partial charge in [0, 0.05) is 19.7 Å². The SMILES string of the molecule is CN=C1S/C(=C\c2c(OC)ccc3ccc(OC)cc23)C(=O)N1C. The lowest BCUT2D eigenvalue weighted by Crippen LogP contribution is -2.23. The quantitative estimate of drug-likeness (QED) is 0.803. The van der Waals surface area contributed by atoms with Gasteiger partial charge in [0.1, 0.15) is 11.5 Å². The maximum atomic E-state index is 12.4. The van der Waals surface area contributed by atoms with E-state index in [1.807, 2.05) is 36.4 Å². The summed E-state index contributed by atoms with van der Waals surface area (Å²) in [6.45, 7) is 0. The van der Waals surface area contributed by atoms with Crippen LogP contribution < -0.4 is 9.47 Å². The second-order valence-corrected chi connectivity index (χ2v) is 6.26. The first-order valence-corrected chi connectivity index (χ1v) is 8.19. The molecule has 24 heavy (non-hydrogen) atoms. The van der Waals surface area contributed by atoms with Crippen molar-refractivity contribution in [1.82, 2.24) is 4.90 Å². The molecule has 2 aromatic rings. The summed E-state index contributed by atoms with van der Waals surface area (Å²) in [6, 6.07) is 9.75. The van der Waals surface area contributed by atoms with Gasteiger partial charge < -0.3 is 9.47 Å². The standard InChI is InChI=1S/C18H18N2O3S/c1-19-18-20(2)17(21)16(24-18)10-14-13-9-12(22-3)7-5-11(13)6-8-15(14)23-4/h5-10H,1-4H3/b16-10-,19-18?. The monoisotopic (exact) mass is 342 g/mol. The largest absolute Gasteiger partial charge is 0.497 e. The Morgan fingerprint density at radius 3 is 2.54 bits per heavy atom. The highest BCUT2D eigenvalue weighted by molar-refractivity contribution is 8.18. The minimum Gasteiger partial charge on any atom is -0.497 e. The number of benzene rings is 2. The summed E-state index contributed by atoms with van der Waals surface area (Å²) < 4.78 is 10.8. The van der Waals surface area contributed by atoms with E-state index in [9.17, 15) is 4.79 Å². The number of thioether (sulfide) groups is 1. The Morgan fingerprint density at radius 2 is 1.92 bits per heavy atom. The van der Waals surface area contributed by atoms with Gasteiger partial charge >= 0.3 is 0 Å². The molecule has 1 heterocycles. The summed E-state index contributed by atoms with van der Waals surface area (Å²) in [5, 5.41) is 2.71. The Kier molecular flexibility index (Phi) is 4.49. The first kappa shape index (κ1) is 16.4. The molecule has 1 fully saturated rings. The molecular formula is C18H18N2O3S. The van der Waals surface area contributed by atoms with E-state index in [1.165, 1.54) is 11.8 Å². The van der Waals surface area contributed by atoms with Crippen LogP contribution in [0.25, 0.3) is 16.8 Å². The number of amides is 1. The fourth-order valence-electron chi connectivity index (χ4n) is 2.64. The molecule has 2 aromatic carbocycles. The molecule has 5 nitrogen and oxygen atoms in total. The molecule has 0 N–H and O–H groups in total. The lowest BCUT2D eigenvalue weighted by atomic mass is 10.0. The zero-order chi connectivity index (χ0) is 17.3. The molecule has 1 aliphatic rings. The molecule has 0 bridgehead atoms. The van der Waals surface area contributed by atoms with Crippen LogP contribution in [0.4, 0.5) is 0 Å². The highest BCUT2D eigenvalue weighted by Gasteiger charge is 2.30. The van der Waals surface area contributed by atoms with Gasteiger partial charge in [-0.2, -0.15) is 0 Å². The summed E-state index contributed by atoms with van der Waals surface area (Å²) in [4.78, 5) is 18.7. The van der Waals surface area contributed by atoms with E-state index in [4.69, 9.17) is 9.47 Å². The molecule has 6 heteroatoms. The highest BCUT2D eigenvalue weighted by atomic mass is 32.2. The van der Waals surface area contributed by atoms with E-state index < -0.39 is 0 Å². The van der Waals surface area contributed by atoms with Crippen molar-refractivity contribution in [1.29, 1.82) is 0 Å². The fraction of sp³-hybridized carbons (Fsp3) is 0.222. The summed E-state index contributed by atoms with van der Waals surface area (Å²) in [5.41, 5.74) is 0.857. The van der Waals surface area contributed by atoms with Gasteiger partial charge in [0.25, 0.3) is 5.91 Å². The third-order valence-electron chi connectivity index (χ3n) is 3.92. The summed E-state index contributed by atoms with van der Waals surface area (Å²) in [5.74, 6) is 1.40. The smallest absolute Gasteiger partial charge is 0.266 e. The van der Waals surface area contributed by atoms with Crippen molar-refractivity contribution in [2.45, 2.75) is 0 Å². The Morgan fingerprint density at radius 1 is 1.17 bits per heavy atom. The molecule has 0 aliphatic carbocycles. The molecule has 0 spiro atoms. The van der Waals surface area contributed by atoms with Gasteiger partial charge in [0.15, 0.2) is 5.17 Å². The summed E-state index contributed by atoms with van der Waals surface area (Å²) in [6.07, 6.45) is 1.86. The van der Waals surface area contributed by atoms with E-state index in [1.54, 1.807) is 33.2 Å². The molecule has 1 amide bonds. The number of fused-ring (bicyclic) bond motifs is 1. The average Bonchev–Trinajstić information content (AvgIpc) is 2.89. The Labute approximate surface area is 145 Å². The minimum atomic E-state index is -0.0671. The third kappa shape index (κ3) is 2.73. The number of rotatable bonds is 3. The first-order valence-electron chi connectivity index (χ1n) is 7.38. The van der Waals surface area contributed by atoms with Crippen molar-refractivity contribution in [3.63, 3.8) is 0 Å². The van der Waals surface area contributed by atoms with Crippen molar-refractivity contribution in [2.75, 3.05) is 28.3 Å². The zero-order valence-electron chi connectivity index (χ0n) is 14.0. The van der Waals surface area contributed by atoms with Crippen LogP contribution in [0.3, 0.4) is 0 Å². The lowest BCUT2D eigenvalue weighted by Gasteiger charge is -2.11. The van der Waals surface area contributed by atoms with E-state index >= 15 is 0 Å². The first-order chi connectivity index (χ1) is 11.6. The van der Waals surface area contributed by atoms with Crippen LogP contribution in [0.1, 0.15) is 5.56 Å². The second kappa shape index (κ2) is 6.57. The lowest BCUT2D eigenvalue weighted by molar-refractivity contribution is -0.121. The number of hydrogen-bond donors (Lipinski definition) is 0. The van der Waals surface area contributed by atoms with Crippen molar-refractivity contribution < 1.29 is 14.3 Å². The number of amidine groups is 1. The molecule has 1 aliphatic heterocycles. The van der Waals surface area contributed by atoms with Gasteiger partial charge in [-0.3, -0.25) is 14.7 Å². The zero-order valence-corrected chi connectivity index (χ0v) is 14.8. The van der Waals surface area contributed by atoms with Crippen LogP contribution in [0.5, 0.6) is 11.5 Å². The fourth-order valence-corrected chi connectivity index (χ4v) is 3.55. The van der Waals surface area contributed by atoms with E-state index in [-0.39, 0.29) is 5.91 Å². The number of carbonyl (C=O) groups excluding carboxylic acids is 1. The summed E-state index contributed by atoms with van der Waals surface area (Å²) in [7, 11) is 6.66. The van der Waals surface area contributed by atoms with Gasteiger partial charge in [0.05, 0.1) is 19.1 Å². The van der Waals surface area contributed by atoms with Crippen molar-refractivity contribution >= 4 is 39.7 Å². The van der Waals surface area contributed by atoms with Gasteiger partial charge in [-0.15, -0.1) is 0 Å². The molecule has 0 aromatic heterocycles. The molecule has 0 saturated carbocycles. The number of hydrogen-bond acceptors (Lipinski definition) is 5. The van der Waals surface area contributed by atoms with E-state index in [0.29, 0.717) is 15.8 Å². The molecule has 3 rings (SSSR count). The van der Waals surface area contributed by atoms with Crippen LogP contribution in [0, 0.1) is 0 Å². The van der Waals surface area contributed by atoms with Crippen molar-refractivity contribution in [2.24, 2.45) is 4.99 Å². The molecule has 124 valence electrons. The Bertz CT molecular complexity index is 869. The van der Waals surface area contributed by atoms with Gasteiger partial charge in [-0.25, -0.2) is 0 Å². The number of ether oxygens (including phenoxy) is 2. The number of methoxy groups -OCH3 is 2. The highest BCUT2D eigenvalue weighted by Crippen LogP contribution is 2.37. The van der Waals surface area contributed by atoms with Crippen molar-refractivity contribution in [3.8, 4) is 11.5 Å². The van der Waals surface area contributed by atoms with Crippen LogP contribution in [-0.4, -0.2) is 44.3 Å². The Balaban J connectivity index is 2.21. The maximum absolute atomic E-state index is 12.4. The van der Waals surface area contributed by atoms with Gasteiger partial charge in [0.2, 0.25) is 0 Å². The third-order valence-corrected chi connectivity index (χ3v) is 5.07. The number of nitrogens with zero attached hydrogens (tertiary/aromatic N) is 2. The predicted molar refractivity (Wildman–Crippen MR) is 98.7 cm³/mol. The van der Waals surface area contributed by atoms with Crippen LogP contribution in [0.2, 0.25) is 0 Å². The molecule has 0 unspecified atom stereocenters. The average molecular weight is 342 g/mol. The van der Waals surface area contributed by atoms with E-state index in [2.05, 4.69) is 4.99 Å². The number of carbonyl (C=O) groups is 1.